The fourth-order valence-electron chi connectivity index (χ4n) is 9.92. The summed E-state index contributed by atoms with van der Waals surface area (Å²) in [5, 5.41) is 4.30. The molecule has 9 aromatic carbocycles. The molecule has 3 aromatic heterocycles. The Labute approximate surface area is 362 Å². The van der Waals surface area contributed by atoms with Gasteiger partial charge in [0, 0.05) is 38.2 Å². The summed E-state index contributed by atoms with van der Waals surface area (Å²) in [5.74, 6) is 1.79. The Bertz CT molecular complexity index is 3690. The van der Waals surface area contributed by atoms with Crippen molar-refractivity contribution >= 4 is 43.9 Å². The fourth-order valence-corrected chi connectivity index (χ4v) is 9.92. The number of hydrogen-bond acceptors (Lipinski definition) is 5. The summed E-state index contributed by atoms with van der Waals surface area (Å²) in [7, 11) is 0. The normalized spacial score (nSPS) is 12.9. The van der Waals surface area contributed by atoms with Gasteiger partial charge in [-0.1, -0.05) is 176 Å². The average Bonchev–Trinajstić information content (AvgIpc) is 4.02. The smallest absolute Gasteiger partial charge is 0.164 e. The zero-order chi connectivity index (χ0) is 41.5. The number of furan rings is 2. The molecule has 0 unspecified atom stereocenters. The summed E-state index contributed by atoms with van der Waals surface area (Å²) < 4.78 is 12.7. The molecular weight excluding hydrogens is 771 g/mol. The van der Waals surface area contributed by atoms with E-state index in [1.54, 1.807) is 0 Å². The van der Waals surface area contributed by atoms with Crippen LogP contribution in [0.25, 0.3) is 100 Å². The van der Waals surface area contributed by atoms with Crippen LogP contribution in [-0.2, 0) is 5.41 Å². The van der Waals surface area contributed by atoms with Crippen LogP contribution in [0.5, 0.6) is 0 Å². The average molecular weight is 806 g/mol. The Morgan fingerprint density at radius 1 is 0.286 bits per heavy atom. The Morgan fingerprint density at radius 2 is 0.730 bits per heavy atom. The van der Waals surface area contributed by atoms with E-state index in [0.717, 1.165) is 82.8 Å². The van der Waals surface area contributed by atoms with Crippen molar-refractivity contribution in [3.8, 4) is 56.4 Å². The van der Waals surface area contributed by atoms with Crippen LogP contribution in [0.3, 0.4) is 0 Å². The molecule has 0 spiro atoms. The first-order chi connectivity index (χ1) is 31.2. The molecule has 63 heavy (non-hydrogen) atoms. The highest BCUT2D eigenvalue weighted by Crippen LogP contribution is 2.56. The number of hydrogen-bond donors (Lipinski definition) is 0. The molecule has 294 valence electrons. The zero-order valence-electron chi connectivity index (χ0n) is 33.9. The Kier molecular flexibility index (Phi) is 7.75. The lowest BCUT2D eigenvalue weighted by atomic mass is 9.67. The molecule has 0 radical (unpaired) electrons. The molecule has 1 aliphatic carbocycles. The van der Waals surface area contributed by atoms with Crippen molar-refractivity contribution in [2.45, 2.75) is 5.41 Å². The van der Waals surface area contributed by atoms with Crippen LogP contribution in [0, 0.1) is 0 Å². The van der Waals surface area contributed by atoms with E-state index in [-0.39, 0.29) is 0 Å². The molecule has 12 aromatic rings. The Balaban J connectivity index is 0.982. The molecule has 13 rings (SSSR count). The highest BCUT2D eigenvalue weighted by Gasteiger charge is 2.46. The van der Waals surface area contributed by atoms with Gasteiger partial charge in [0.25, 0.3) is 0 Å². The number of aromatic nitrogens is 3. The zero-order valence-corrected chi connectivity index (χ0v) is 33.9. The predicted octanol–water partition coefficient (Wildman–Crippen LogP) is 14.7. The minimum absolute atomic E-state index is 0.590. The third-order valence-electron chi connectivity index (χ3n) is 12.9. The van der Waals surface area contributed by atoms with Gasteiger partial charge in [0.1, 0.15) is 22.3 Å². The van der Waals surface area contributed by atoms with Gasteiger partial charge in [-0.3, -0.25) is 0 Å². The monoisotopic (exact) mass is 805 g/mol. The van der Waals surface area contributed by atoms with E-state index in [1.807, 2.05) is 48.5 Å². The third-order valence-corrected chi connectivity index (χ3v) is 12.9. The second kappa shape index (κ2) is 13.8. The maximum Gasteiger partial charge on any atom is 0.164 e. The first kappa shape index (κ1) is 35.4. The van der Waals surface area contributed by atoms with E-state index in [1.165, 1.54) is 22.3 Å². The number of rotatable bonds is 6. The SMILES string of the molecule is c1ccc(-c2ccc(-c3nc(-c4ccc(C5(c6ccc7c(c6)oc6ccccc67)c6ccccc6-c6ccccc65)cc4)nc(-c4ccc5oc6ccccc6c5c4)n3)cc2)cc1. The lowest BCUT2D eigenvalue weighted by molar-refractivity contribution is 0.665. The lowest BCUT2D eigenvalue weighted by Gasteiger charge is -2.34. The van der Waals surface area contributed by atoms with Gasteiger partial charge in [-0.15, -0.1) is 0 Å². The van der Waals surface area contributed by atoms with Crippen molar-refractivity contribution in [1.29, 1.82) is 0 Å². The second-order valence-electron chi connectivity index (χ2n) is 16.3. The minimum Gasteiger partial charge on any atom is -0.456 e. The summed E-state index contributed by atoms with van der Waals surface area (Å²) in [6, 6.07) is 74.6. The first-order valence-corrected chi connectivity index (χ1v) is 21.2. The Hall–Kier alpha value is -8.41. The van der Waals surface area contributed by atoms with E-state index >= 15 is 0 Å². The summed E-state index contributed by atoms with van der Waals surface area (Å²) in [6.45, 7) is 0. The van der Waals surface area contributed by atoms with Gasteiger partial charge in [0.2, 0.25) is 0 Å². The number of benzene rings is 9. The molecule has 5 heteroatoms. The molecule has 0 saturated carbocycles. The topological polar surface area (TPSA) is 65.0 Å². The third kappa shape index (κ3) is 5.46. The van der Waals surface area contributed by atoms with E-state index in [2.05, 4.69) is 164 Å². The number of nitrogens with zero attached hydrogens (tertiary/aromatic N) is 3. The highest BCUT2D eigenvalue weighted by molar-refractivity contribution is 6.07. The van der Waals surface area contributed by atoms with Gasteiger partial charge in [-0.05, 0) is 80.9 Å². The summed E-state index contributed by atoms with van der Waals surface area (Å²) in [6.07, 6.45) is 0. The summed E-state index contributed by atoms with van der Waals surface area (Å²) in [5.41, 5.74) is 15.0. The summed E-state index contributed by atoms with van der Waals surface area (Å²) >= 11 is 0. The minimum atomic E-state index is -0.614. The standard InChI is InChI=1S/C58H35N3O2/c1-2-12-36(13-3-1)37-22-24-38(25-23-37)55-59-56(61-57(60-55)40-28-33-53-48(34-40)46-17-7-11-21-52(46)62-53)39-26-29-41(30-27-39)58(49-18-8-4-14-43(49)44-15-5-9-19-50(44)58)42-31-32-47-45-16-6-10-20-51(45)63-54(47)35-42/h1-35H. The van der Waals surface area contributed by atoms with Gasteiger partial charge >= 0.3 is 0 Å². The largest absolute Gasteiger partial charge is 0.456 e. The van der Waals surface area contributed by atoms with Gasteiger partial charge < -0.3 is 8.83 Å². The van der Waals surface area contributed by atoms with E-state index in [0.29, 0.717) is 17.5 Å². The quantitative estimate of drug-likeness (QED) is 0.167. The second-order valence-corrected chi connectivity index (χ2v) is 16.3. The molecule has 0 atom stereocenters. The van der Waals surface area contributed by atoms with Crippen LogP contribution in [0.1, 0.15) is 22.3 Å². The predicted molar refractivity (Wildman–Crippen MR) is 253 cm³/mol. The van der Waals surface area contributed by atoms with Gasteiger partial charge in [0.15, 0.2) is 17.5 Å². The number of fused-ring (bicyclic) bond motifs is 9. The van der Waals surface area contributed by atoms with E-state index < -0.39 is 5.41 Å². The van der Waals surface area contributed by atoms with Crippen molar-refractivity contribution in [2.75, 3.05) is 0 Å². The highest BCUT2D eigenvalue weighted by atomic mass is 16.3. The Morgan fingerprint density at radius 3 is 1.40 bits per heavy atom. The van der Waals surface area contributed by atoms with Crippen molar-refractivity contribution in [3.05, 3.63) is 235 Å². The molecule has 1 aliphatic rings. The van der Waals surface area contributed by atoms with Crippen molar-refractivity contribution in [1.82, 2.24) is 15.0 Å². The van der Waals surface area contributed by atoms with Gasteiger partial charge in [0.05, 0.1) is 5.41 Å². The maximum absolute atomic E-state index is 6.52. The molecule has 0 amide bonds. The van der Waals surface area contributed by atoms with Crippen LogP contribution >= 0.6 is 0 Å². The van der Waals surface area contributed by atoms with Crippen molar-refractivity contribution < 1.29 is 8.83 Å². The van der Waals surface area contributed by atoms with Gasteiger partial charge in [-0.25, -0.2) is 15.0 Å². The molecule has 0 fully saturated rings. The van der Waals surface area contributed by atoms with Crippen molar-refractivity contribution in [3.63, 3.8) is 0 Å². The molecule has 0 bridgehead atoms. The fraction of sp³-hybridized carbons (Fsp3) is 0.0172. The molecule has 0 aliphatic heterocycles. The van der Waals surface area contributed by atoms with Crippen LogP contribution in [-0.4, -0.2) is 15.0 Å². The van der Waals surface area contributed by atoms with Crippen LogP contribution in [0.4, 0.5) is 0 Å². The molecule has 5 nitrogen and oxygen atoms in total. The van der Waals surface area contributed by atoms with E-state index in [9.17, 15) is 0 Å². The molecular formula is C58H35N3O2. The van der Waals surface area contributed by atoms with Crippen molar-refractivity contribution in [2.24, 2.45) is 0 Å². The first-order valence-electron chi connectivity index (χ1n) is 21.2. The maximum atomic E-state index is 6.52. The van der Waals surface area contributed by atoms with E-state index in [4.69, 9.17) is 23.8 Å². The molecule has 0 saturated heterocycles. The molecule has 0 N–H and O–H groups in total. The van der Waals surface area contributed by atoms with Crippen LogP contribution in [0.2, 0.25) is 0 Å². The number of para-hydroxylation sites is 2. The van der Waals surface area contributed by atoms with Crippen LogP contribution < -0.4 is 0 Å². The lowest BCUT2D eigenvalue weighted by Crippen LogP contribution is -2.28. The molecule has 3 heterocycles. The summed E-state index contributed by atoms with van der Waals surface area (Å²) in [4.78, 5) is 15.5. The van der Waals surface area contributed by atoms with Crippen LogP contribution in [0.15, 0.2) is 221 Å². The van der Waals surface area contributed by atoms with Gasteiger partial charge in [-0.2, -0.15) is 0 Å².